The Morgan fingerprint density at radius 1 is 1.06 bits per heavy atom. The van der Waals surface area contributed by atoms with Gasteiger partial charge in [0.1, 0.15) is 5.82 Å². The molecule has 0 bridgehead atoms. The van der Waals surface area contributed by atoms with Crippen LogP contribution in [0.4, 0.5) is 16.0 Å². The van der Waals surface area contributed by atoms with E-state index in [0.717, 1.165) is 33.4 Å². The number of nitrogens with zero attached hydrogens (tertiary/aromatic N) is 2. The van der Waals surface area contributed by atoms with Crippen LogP contribution in [0.2, 0.25) is 0 Å². The van der Waals surface area contributed by atoms with Gasteiger partial charge in [-0.15, -0.1) is 0 Å². The Balaban J connectivity index is 1.80. The number of aromatic nitrogens is 2. The lowest BCUT2D eigenvalue weighted by Gasteiger charge is -2.30. The second-order valence-electron chi connectivity index (χ2n) is 9.29. The van der Waals surface area contributed by atoms with Gasteiger partial charge in [-0.05, 0) is 86.8 Å². The van der Waals surface area contributed by atoms with Gasteiger partial charge < -0.3 is 9.88 Å². The summed E-state index contributed by atoms with van der Waals surface area (Å²) in [6.45, 7) is 10.2. The highest BCUT2D eigenvalue weighted by atomic mass is 32.2. The zero-order valence-corrected chi connectivity index (χ0v) is 20.6. The summed E-state index contributed by atoms with van der Waals surface area (Å²) in [5, 5.41) is 3.36. The van der Waals surface area contributed by atoms with Crippen molar-refractivity contribution in [2.45, 2.75) is 37.6 Å². The summed E-state index contributed by atoms with van der Waals surface area (Å²) in [5.41, 5.74) is 5.06. The quantitative estimate of drug-likeness (QED) is 0.338. The first-order valence-electron chi connectivity index (χ1n) is 10.9. The van der Waals surface area contributed by atoms with Crippen molar-refractivity contribution in [3.63, 3.8) is 0 Å². The summed E-state index contributed by atoms with van der Waals surface area (Å²) in [4.78, 5) is 5.14. The Morgan fingerprint density at radius 3 is 2.29 bits per heavy atom. The highest BCUT2D eigenvalue weighted by Gasteiger charge is 2.27. The van der Waals surface area contributed by atoms with Crippen molar-refractivity contribution < 1.29 is 12.8 Å². The molecule has 1 heterocycles. The highest BCUT2D eigenvalue weighted by molar-refractivity contribution is 7.90. The Kier molecular flexibility index (Phi) is 6.08. The zero-order chi connectivity index (χ0) is 24.7. The molecule has 0 aliphatic heterocycles. The molecular weight excluding hydrogens is 449 g/mol. The summed E-state index contributed by atoms with van der Waals surface area (Å²) in [7, 11) is -3.28. The lowest BCUT2D eigenvalue weighted by molar-refractivity contribution is 0.367. The third-order valence-electron chi connectivity index (χ3n) is 5.84. The van der Waals surface area contributed by atoms with E-state index < -0.39 is 15.4 Å². The van der Waals surface area contributed by atoms with Gasteiger partial charge in [0, 0.05) is 17.5 Å². The Hall–Kier alpha value is -3.45. The van der Waals surface area contributed by atoms with Crippen LogP contribution in [0.3, 0.4) is 0 Å². The molecule has 0 saturated carbocycles. The number of anilines is 2. The summed E-state index contributed by atoms with van der Waals surface area (Å²) < 4.78 is 39.2. The second-order valence-corrected chi connectivity index (χ2v) is 11.3. The fraction of sp³-hybridized carbons (Fsp3) is 0.222. The first-order chi connectivity index (χ1) is 15.9. The third-order valence-corrected chi connectivity index (χ3v) is 6.97. The van der Waals surface area contributed by atoms with Crippen LogP contribution in [0, 0.1) is 5.82 Å². The largest absolute Gasteiger partial charge is 0.326 e. The van der Waals surface area contributed by atoms with E-state index in [4.69, 9.17) is 4.98 Å². The number of hydrogen-bond acceptors (Lipinski definition) is 4. The molecule has 0 saturated heterocycles. The van der Waals surface area contributed by atoms with Gasteiger partial charge >= 0.3 is 0 Å². The number of sulfone groups is 1. The predicted molar refractivity (Wildman–Crippen MR) is 137 cm³/mol. The van der Waals surface area contributed by atoms with Crippen molar-refractivity contribution in [2.24, 2.45) is 0 Å². The molecule has 1 aromatic heterocycles. The number of imidazole rings is 1. The van der Waals surface area contributed by atoms with E-state index in [1.807, 2.05) is 25.1 Å². The maximum atomic E-state index is 13.4. The maximum absolute atomic E-state index is 13.4. The number of hydrogen-bond donors (Lipinski definition) is 1. The minimum atomic E-state index is -3.28. The van der Waals surface area contributed by atoms with E-state index >= 15 is 0 Å². The predicted octanol–water partition coefficient (Wildman–Crippen LogP) is 6.33. The Labute approximate surface area is 199 Å². The van der Waals surface area contributed by atoms with Crippen molar-refractivity contribution in [2.75, 3.05) is 11.6 Å². The van der Waals surface area contributed by atoms with Gasteiger partial charge in [-0.25, -0.2) is 17.8 Å². The lowest BCUT2D eigenvalue weighted by Crippen LogP contribution is -2.30. The van der Waals surface area contributed by atoms with Crippen molar-refractivity contribution in [3.05, 3.63) is 90.3 Å². The monoisotopic (exact) mass is 477 g/mol. The molecule has 1 N–H and O–H groups in total. The molecule has 7 heteroatoms. The molecule has 0 aliphatic rings. The number of halogens is 1. The van der Waals surface area contributed by atoms with Crippen LogP contribution in [0.15, 0.2) is 78.2 Å². The molecule has 0 fully saturated rings. The second kappa shape index (κ2) is 8.72. The number of rotatable bonds is 7. The number of allylic oxidation sites excluding steroid dienone is 1. The first kappa shape index (κ1) is 23.7. The van der Waals surface area contributed by atoms with Gasteiger partial charge in [0.2, 0.25) is 5.95 Å². The van der Waals surface area contributed by atoms with Gasteiger partial charge in [0.15, 0.2) is 9.84 Å². The molecular formula is C27H28FN3O2S. The molecule has 3 aromatic carbocycles. The first-order valence-corrected chi connectivity index (χ1v) is 12.8. The van der Waals surface area contributed by atoms with Crippen LogP contribution < -0.4 is 5.32 Å². The lowest BCUT2D eigenvalue weighted by atomic mass is 9.94. The van der Waals surface area contributed by atoms with Crippen molar-refractivity contribution in [1.82, 2.24) is 9.55 Å². The van der Waals surface area contributed by atoms with Crippen LogP contribution in [-0.2, 0) is 21.8 Å². The van der Waals surface area contributed by atoms with Gasteiger partial charge in [-0.1, -0.05) is 30.4 Å². The van der Waals surface area contributed by atoms with E-state index in [1.54, 1.807) is 36.4 Å². The normalized spacial score (nSPS) is 12.1. The summed E-state index contributed by atoms with van der Waals surface area (Å²) in [6.07, 6.45) is 1.84. The average molecular weight is 478 g/mol. The van der Waals surface area contributed by atoms with E-state index in [-0.39, 0.29) is 10.7 Å². The van der Waals surface area contributed by atoms with Gasteiger partial charge in [0.25, 0.3) is 0 Å². The van der Waals surface area contributed by atoms with E-state index in [2.05, 4.69) is 30.3 Å². The zero-order valence-electron chi connectivity index (χ0n) is 19.8. The molecule has 4 rings (SSSR count). The highest BCUT2D eigenvalue weighted by Crippen LogP contribution is 2.34. The number of benzene rings is 3. The molecule has 34 heavy (non-hydrogen) atoms. The average Bonchev–Trinajstić information content (AvgIpc) is 3.12. The molecule has 4 aromatic rings. The van der Waals surface area contributed by atoms with E-state index in [0.29, 0.717) is 12.4 Å². The molecule has 0 radical (unpaired) electrons. The molecule has 0 spiro atoms. The molecule has 5 nitrogen and oxygen atoms in total. The fourth-order valence-electron chi connectivity index (χ4n) is 4.14. The topological polar surface area (TPSA) is 64.0 Å². The Morgan fingerprint density at radius 2 is 1.71 bits per heavy atom. The summed E-state index contributed by atoms with van der Waals surface area (Å²) >= 11 is 0. The molecule has 0 aliphatic carbocycles. The number of nitrogens with one attached hydrogen (secondary N) is 1. The minimum absolute atomic E-state index is 0.259. The third kappa shape index (κ3) is 4.89. The summed E-state index contributed by atoms with van der Waals surface area (Å²) in [5.74, 6) is 0.370. The van der Waals surface area contributed by atoms with Crippen LogP contribution in [-0.4, -0.2) is 24.2 Å². The van der Waals surface area contributed by atoms with Crippen LogP contribution in [0.25, 0.3) is 16.6 Å². The van der Waals surface area contributed by atoms with E-state index in [1.165, 1.54) is 18.4 Å². The molecule has 0 amide bonds. The van der Waals surface area contributed by atoms with Crippen LogP contribution in [0.5, 0.6) is 0 Å². The molecule has 0 atom stereocenters. The Bertz CT molecular complexity index is 1470. The molecule has 0 unspecified atom stereocenters. The molecule has 176 valence electrons. The standard InChI is InChI=1S/C27H28FN3O2S/c1-18(2)20-8-15-25-24(16-20)30-26(29-22-11-13-23(14-12-22)34(5,32)33)31(25)27(3,4)17-19-6-9-21(28)10-7-19/h6-16H,1,17H2,2-5H3,(H,29,30). The van der Waals surface area contributed by atoms with Gasteiger partial charge in [-0.2, -0.15) is 0 Å². The SMILES string of the molecule is C=C(C)c1ccc2c(c1)nc(Nc1ccc(S(C)(=O)=O)cc1)n2C(C)(C)Cc1ccc(F)cc1. The van der Waals surface area contributed by atoms with Crippen molar-refractivity contribution in [3.8, 4) is 0 Å². The van der Waals surface area contributed by atoms with Crippen LogP contribution >= 0.6 is 0 Å². The van der Waals surface area contributed by atoms with Crippen molar-refractivity contribution in [1.29, 1.82) is 0 Å². The van der Waals surface area contributed by atoms with Gasteiger partial charge in [-0.3, -0.25) is 0 Å². The summed E-state index contributed by atoms with van der Waals surface area (Å²) in [6, 6.07) is 19.2. The van der Waals surface area contributed by atoms with Crippen molar-refractivity contribution >= 4 is 38.1 Å². The van der Waals surface area contributed by atoms with Gasteiger partial charge in [0.05, 0.1) is 15.9 Å². The minimum Gasteiger partial charge on any atom is -0.326 e. The maximum Gasteiger partial charge on any atom is 0.208 e. The number of fused-ring (bicyclic) bond motifs is 1. The smallest absolute Gasteiger partial charge is 0.208 e. The van der Waals surface area contributed by atoms with E-state index in [9.17, 15) is 12.8 Å². The fourth-order valence-corrected chi connectivity index (χ4v) is 4.77. The van der Waals surface area contributed by atoms with Crippen LogP contribution in [0.1, 0.15) is 31.9 Å².